The fourth-order valence-corrected chi connectivity index (χ4v) is 5.76. The number of fused-ring (bicyclic) bond motifs is 1. The molecule has 0 spiro atoms. The number of likely N-dealkylation sites (N-methyl/N-ethyl adjacent to an activating group) is 1. The van der Waals surface area contributed by atoms with Crippen molar-refractivity contribution < 1.29 is 19.1 Å². The number of ether oxygens (including phenoxy) is 2. The summed E-state index contributed by atoms with van der Waals surface area (Å²) in [5.74, 6) is 1.77. The van der Waals surface area contributed by atoms with Gasteiger partial charge in [-0.3, -0.25) is 9.59 Å². The topological polar surface area (TPSA) is 55.8 Å². The third-order valence-electron chi connectivity index (χ3n) is 7.16. The van der Waals surface area contributed by atoms with Crippen molar-refractivity contribution in [2.45, 2.75) is 37.1 Å². The van der Waals surface area contributed by atoms with Crippen LogP contribution in [0.4, 0.5) is 0 Å². The molecule has 0 unspecified atom stereocenters. The molecule has 3 aliphatic rings. The summed E-state index contributed by atoms with van der Waals surface area (Å²) < 4.78 is 12.1. The summed E-state index contributed by atoms with van der Waals surface area (Å²) in [6.07, 6.45) is 2.30. The highest BCUT2D eigenvalue weighted by Crippen LogP contribution is 2.58. The van der Waals surface area contributed by atoms with Crippen LogP contribution in [-0.2, 0) is 21.4 Å². The largest absolute Gasteiger partial charge is 0.493 e. The van der Waals surface area contributed by atoms with Gasteiger partial charge in [-0.05, 0) is 56.1 Å². The number of rotatable bonds is 3. The molecular formula is C24H25NO4. The van der Waals surface area contributed by atoms with Crippen molar-refractivity contribution in [1.29, 1.82) is 0 Å². The summed E-state index contributed by atoms with van der Waals surface area (Å²) in [6, 6.07) is 14.0. The van der Waals surface area contributed by atoms with Crippen LogP contribution in [0.1, 0.15) is 30.4 Å². The molecule has 1 saturated heterocycles. The van der Waals surface area contributed by atoms with E-state index in [0.29, 0.717) is 17.9 Å². The van der Waals surface area contributed by atoms with Gasteiger partial charge in [-0.1, -0.05) is 24.3 Å². The first-order valence-corrected chi connectivity index (χ1v) is 10.2. The molecule has 5 nitrogen and oxygen atoms in total. The van der Waals surface area contributed by atoms with Crippen LogP contribution in [0.5, 0.6) is 17.2 Å². The van der Waals surface area contributed by atoms with Crippen molar-refractivity contribution in [2.24, 2.45) is 5.92 Å². The summed E-state index contributed by atoms with van der Waals surface area (Å²) in [6.45, 7) is 0.907. The van der Waals surface area contributed by atoms with Crippen LogP contribution in [0.2, 0.25) is 0 Å². The molecule has 2 aromatic carbocycles. The second-order valence-corrected chi connectivity index (χ2v) is 8.54. The van der Waals surface area contributed by atoms with Crippen LogP contribution in [-0.4, -0.2) is 43.2 Å². The lowest BCUT2D eigenvalue weighted by atomic mass is 9.51. The quantitative estimate of drug-likeness (QED) is 0.749. The zero-order chi connectivity index (χ0) is 20.2. The standard InChI is InChI=1S/C24H25NO4/c1-25-11-10-24-14-20(27)19(26)13-17(24)18(25)12-15-8-9-21(28-2)23(22(15)24)29-16-6-4-3-5-7-16/h3-9,17-18H,10-14H2,1-2H3/t17-,18+,24-/m0/s1. The molecule has 1 aliphatic heterocycles. The number of methoxy groups -OCH3 is 1. The van der Waals surface area contributed by atoms with Crippen molar-refractivity contribution in [2.75, 3.05) is 20.7 Å². The van der Waals surface area contributed by atoms with Gasteiger partial charge < -0.3 is 14.4 Å². The van der Waals surface area contributed by atoms with Gasteiger partial charge in [0, 0.05) is 29.9 Å². The SMILES string of the molecule is COc1ccc2c(c1Oc1ccccc1)[C@]13CCN(C)[C@H](C2)[C@@H]1CC(=O)C(=O)C3. The number of hydrogen-bond donors (Lipinski definition) is 0. The van der Waals surface area contributed by atoms with Crippen LogP contribution in [0, 0.1) is 5.92 Å². The van der Waals surface area contributed by atoms with Crippen molar-refractivity contribution in [3.63, 3.8) is 0 Å². The molecular weight excluding hydrogens is 366 g/mol. The Hall–Kier alpha value is -2.66. The smallest absolute Gasteiger partial charge is 0.199 e. The minimum absolute atomic E-state index is 0.129. The zero-order valence-corrected chi connectivity index (χ0v) is 16.8. The van der Waals surface area contributed by atoms with Gasteiger partial charge in [0.2, 0.25) is 0 Å². The minimum atomic E-state index is -0.367. The molecule has 150 valence electrons. The first-order chi connectivity index (χ1) is 14.0. The number of piperidine rings is 1. The van der Waals surface area contributed by atoms with E-state index in [1.807, 2.05) is 36.4 Å². The number of carbonyl (C=O) groups is 2. The van der Waals surface area contributed by atoms with Crippen molar-refractivity contribution in [3.05, 3.63) is 53.6 Å². The van der Waals surface area contributed by atoms with Gasteiger partial charge in [-0.15, -0.1) is 0 Å². The van der Waals surface area contributed by atoms with E-state index in [-0.39, 0.29) is 35.4 Å². The Bertz CT molecular complexity index is 986. The van der Waals surface area contributed by atoms with E-state index >= 15 is 0 Å². The number of Topliss-reactive ketones (excluding diaryl/α,β-unsaturated/α-hetero) is 2. The molecule has 5 rings (SSSR count). The molecule has 1 saturated carbocycles. The Kier molecular flexibility index (Phi) is 4.24. The predicted molar refractivity (Wildman–Crippen MR) is 109 cm³/mol. The molecule has 5 heteroatoms. The lowest BCUT2D eigenvalue weighted by Gasteiger charge is -2.57. The highest BCUT2D eigenvalue weighted by molar-refractivity contribution is 6.38. The maximum absolute atomic E-state index is 12.6. The van der Waals surface area contributed by atoms with E-state index in [4.69, 9.17) is 9.47 Å². The van der Waals surface area contributed by atoms with Crippen molar-refractivity contribution in [1.82, 2.24) is 4.90 Å². The van der Waals surface area contributed by atoms with E-state index < -0.39 is 0 Å². The summed E-state index contributed by atoms with van der Waals surface area (Å²) in [7, 11) is 3.77. The fourth-order valence-electron chi connectivity index (χ4n) is 5.76. The summed E-state index contributed by atoms with van der Waals surface area (Å²) in [5.41, 5.74) is 1.91. The van der Waals surface area contributed by atoms with Crippen LogP contribution >= 0.6 is 0 Å². The molecule has 29 heavy (non-hydrogen) atoms. The normalized spacial score (nSPS) is 28.5. The number of likely N-dealkylation sites (tertiary alicyclic amines) is 1. The van der Waals surface area contributed by atoms with Gasteiger partial charge in [-0.2, -0.15) is 0 Å². The second-order valence-electron chi connectivity index (χ2n) is 8.54. The molecule has 0 aromatic heterocycles. The van der Waals surface area contributed by atoms with E-state index in [1.165, 1.54) is 5.56 Å². The number of nitrogens with zero attached hydrogens (tertiary/aromatic N) is 1. The fraction of sp³-hybridized carbons (Fsp3) is 0.417. The molecule has 0 radical (unpaired) electrons. The number of carbonyl (C=O) groups excluding carboxylic acids is 2. The highest BCUT2D eigenvalue weighted by atomic mass is 16.5. The summed E-state index contributed by atoms with van der Waals surface area (Å²) >= 11 is 0. The highest BCUT2D eigenvalue weighted by Gasteiger charge is 2.58. The maximum Gasteiger partial charge on any atom is 0.199 e. The zero-order valence-electron chi connectivity index (χ0n) is 16.8. The van der Waals surface area contributed by atoms with Crippen LogP contribution < -0.4 is 9.47 Å². The molecule has 3 atom stereocenters. The van der Waals surface area contributed by atoms with Crippen LogP contribution in [0.25, 0.3) is 0 Å². The number of hydrogen-bond acceptors (Lipinski definition) is 5. The monoisotopic (exact) mass is 391 g/mol. The van der Waals surface area contributed by atoms with Crippen LogP contribution in [0.15, 0.2) is 42.5 Å². The lowest BCUT2D eigenvalue weighted by molar-refractivity contribution is -0.144. The van der Waals surface area contributed by atoms with Gasteiger partial charge in [0.25, 0.3) is 0 Å². The molecule has 1 heterocycles. The number of para-hydroxylation sites is 1. The molecule has 2 aliphatic carbocycles. The Labute approximate surface area is 170 Å². The first-order valence-electron chi connectivity index (χ1n) is 10.2. The molecule has 2 aromatic rings. The molecule has 2 fully saturated rings. The van der Waals surface area contributed by atoms with E-state index in [1.54, 1.807) is 7.11 Å². The number of ketones is 2. The third kappa shape index (κ3) is 2.71. The van der Waals surface area contributed by atoms with Crippen molar-refractivity contribution >= 4 is 11.6 Å². The minimum Gasteiger partial charge on any atom is -0.493 e. The van der Waals surface area contributed by atoms with E-state index in [9.17, 15) is 9.59 Å². The number of benzene rings is 2. The first kappa shape index (κ1) is 18.4. The summed E-state index contributed by atoms with van der Waals surface area (Å²) in [5, 5.41) is 0. The second kappa shape index (κ2) is 6.70. The summed E-state index contributed by atoms with van der Waals surface area (Å²) in [4.78, 5) is 27.4. The van der Waals surface area contributed by atoms with E-state index in [2.05, 4.69) is 18.0 Å². The Morgan fingerprint density at radius 3 is 2.59 bits per heavy atom. The van der Waals surface area contributed by atoms with Gasteiger partial charge in [0.1, 0.15) is 5.75 Å². The molecule has 0 amide bonds. The Morgan fingerprint density at radius 1 is 1.03 bits per heavy atom. The van der Waals surface area contributed by atoms with Gasteiger partial charge in [0.15, 0.2) is 23.1 Å². The Balaban J connectivity index is 1.72. The molecule has 2 bridgehead atoms. The van der Waals surface area contributed by atoms with E-state index in [0.717, 1.165) is 30.7 Å². The average Bonchev–Trinajstić information content (AvgIpc) is 2.72. The molecule has 0 N–H and O–H groups in total. The van der Waals surface area contributed by atoms with Gasteiger partial charge in [0.05, 0.1) is 7.11 Å². The third-order valence-corrected chi connectivity index (χ3v) is 7.16. The predicted octanol–water partition coefficient (Wildman–Crippen LogP) is 3.53. The van der Waals surface area contributed by atoms with Gasteiger partial charge in [-0.25, -0.2) is 0 Å². The van der Waals surface area contributed by atoms with Gasteiger partial charge >= 0.3 is 0 Å². The Morgan fingerprint density at radius 2 is 1.83 bits per heavy atom. The average molecular weight is 391 g/mol. The maximum atomic E-state index is 12.6. The van der Waals surface area contributed by atoms with Crippen LogP contribution in [0.3, 0.4) is 0 Å². The van der Waals surface area contributed by atoms with Crippen molar-refractivity contribution in [3.8, 4) is 17.2 Å². The lowest BCUT2D eigenvalue weighted by Crippen LogP contribution is -2.62.